The lowest BCUT2D eigenvalue weighted by atomic mass is 9.92. The van der Waals surface area contributed by atoms with Crippen molar-refractivity contribution in [3.63, 3.8) is 0 Å². The van der Waals surface area contributed by atoms with Crippen LogP contribution in [-0.2, 0) is 17.5 Å². The molecule has 2 aromatic rings. The maximum atomic E-state index is 12.9. The SMILES string of the molecule is CC(C)(C)c1cc(NC(=O)NCc2ccc(F)cc2)n(C(C)(C)C)n1. The van der Waals surface area contributed by atoms with Gasteiger partial charge < -0.3 is 5.32 Å². The lowest BCUT2D eigenvalue weighted by Gasteiger charge is -2.23. The molecule has 1 aromatic carbocycles. The van der Waals surface area contributed by atoms with Crippen LogP contribution < -0.4 is 10.6 Å². The second kappa shape index (κ2) is 6.86. The van der Waals surface area contributed by atoms with Crippen molar-refractivity contribution in [1.82, 2.24) is 15.1 Å². The van der Waals surface area contributed by atoms with E-state index in [2.05, 4.69) is 36.5 Å². The van der Waals surface area contributed by atoms with Gasteiger partial charge in [-0.25, -0.2) is 13.9 Å². The largest absolute Gasteiger partial charge is 0.334 e. The van der Waals surface area contributed by atoms with Crippen LogP contribution in [0.5, 0.6) is 0 Å². The quantitative estimate of drug-likeness (QED) is 0.865. The van der Waals surface area contributed by atoms with Crippen molar-refractivity contribution in [3.05, 3.63) is 47.4 Å². The van der Waals surface area contributed by atoms with E-state index in [4.69, 9.17) is 0 Å². The third kappa shape index (κ3) is 5.05. The Labute approximate surface area is 148 Å². The van der Waals surface area contributed by atoms with Gasteiger partial charge in [-0.2, -0.15) is 5.10 Å². The Balaban J connectivity index is 2.11. The van der Waals surface area contributed by atoms with E-state index in [0.29, 0.717) is 12.4 Å². The summed E-state index contributed by atoms with van der Waals surface area (Å²) in [6.45, 7) is 12.7. The smallest absolute Gasteiger partial charge is 0.320 e. The highest BCUT2D eigenvalue weighted by atomic mass is 19.1. The van der Waals surface area contributed by atoms with Gasteiger partial charge >= 0.3 is 6.03 Å². The predicted octanol–water partition coefficient (Wildman–Crippen LogP) is 4.40. The third-order valence-electron chi connectivity index (χ3n) is 3.72. The zero-order valence-electron chi connectivity index (χ0n) is 15.8. The number of benzene rings is 1. The average molecular weight is 346 g/mol. The highest BCUT2D eigenvalue weighted by molar-refractivity contribution is 5.88. The molecule has 0 spiro atoms. The highest BCUT2D eigenvalue weighted by Gasteiger charge is 2.25. The number of halogens is 1. The molecule has 0 unspecified atom stereocenters. The Morgan fingerprint density at radius 2 is 1.72 bits per heavy atom. The molecule has 136 valence electrons. The maximum absolute atomic E-state index is 12.9. The van der Waals surface area contributed by atoms with Crippen molar-refractivity contribution >= 4 is 11.8 Å². The zero-order chi connectivity index (χ0) is 18.8. The van der Waals surface area contributed by atoms with Gasteiger partial charge in [0, 0.05) is 18.0 Å². The fourth-order valence-electron chi connectivity index (χ4n) is 2.29. The van der Waals surface area contributed by atoms with Gasteiger partial charge in [0.1, 0.15) is 11.6 Å². The molecule has 0 fully saturated rings. The van der Waals surface area contributed by atoms with Crippen molar-refractivity contribution in [2.24, 2.45) is 0 Å². The number of urea groups is 1. The fourth-order valence-corrected chi connectivity index (χ4v) is 2.29. The number of aromatic nitrogens is 2. The van der Waals surface area contributed by atoms with Crippen molar-refractivity contribution < 1.29 is 9.18 Å². The minimum Gasteiger partial charge on any atom is -0.334 e. The Morgan fingerprint density at radius 1 is 1.12 bits per heavy atom. The molecule has 0 aliphatic rings. The summed E-state index contributed by atoms with van der Waals surface area (Å²) in [4.78, 5) is 12.3. The first-order valence-corrected chi connectivity index (χ1v) is 8.37. The number of carbonyl (C=O) groups excluding carboxylic acids is 1. The number of amides is 2. The minimum atomic E-state index is -0.324. The molecule has 0 atom stereocenters. The lowest BCUT2D eigenvalue weighted by Crippen LogP contribution is -2.32. The number of nitrogens with one attached hydrogen (secondary N) is 2. The van der Waals surface area contributed by atoms with Gasteiger partial charge in [-0.3, -0.25) is 5.32 Å². The van der Waals surface area contributed by atoms with Crippen LogP contribution in [0.25, 0.3) is 0 Å². The number of carbonyl (C=O) groups is 1. The minimum absolute atomic E-state index is 0.114. The molecule has 1 aromatic heterocycles. The third-order valence-corrected chi connectivity index (χ3v) is 3.72. The van der Waals surface area contributed by atoms with Crippen LogP contribution in [0.15, 0.2) is 30.3 Å². The first-order chi connectivity index (χ1) is 11.5. The van der Waals surface area contributed by atoms with Gasteiger partial charge in [-0.05, 0) is 38.5 Å². The van der Waals surface area contributed by atoms with Gasteiger partial charge in [0.25, 0.3) is 0 Å². The Hall–Kier alpha value is -2.37. The van der Waals surface area contributed by atoms with Gasteiger partial charge in [0.05, 0.1) is 11.2 Å². The molecular formula is C19H27FN4O. The highest BCUT2D eigenvalue weighted by Crippen LogP contribution is 2.28. The summed E-state index contributed by atoms with van der Waals surface area (Å²) in [6, 6.07) is 7.62. The molecule has 0 aliphatic heterocycles. The number of hydrogen-bond donors (Lipinski definition) is 2. The zero-order valence-corrected chi connectivity index (χ0v) is 15.8. The molecule has 2 N–H and O–H groups in total. The van der Waals surface area contributed by atoms with Crippen LogP contribution >= 0.6 is 0 Å². The topological polar surface area (TPSA) is 59.0 Å². The molecule has 0 saturated carbocycles. The molecule has 0 bridgehead atoms. The molecule has 6 heteroatoms. The van der Waals surface area contributed by atoms with Crippen LogP contribution in [0.3, 0.4) is 0 Å². The number of anilines is 1. The summed E-state index contributed by atoms with van der Waals surface area (Å²) in [5, 5.41) is 10.3. The van der Waals surface area contributed by atoms with Crippen LogP contribution in [0.4, 0.5) is 15.0 Å². The van der Waals surface area contributed by atoms with Crippen molar-refractivity contribution in [3.8, 4) is 0 Å². The molecule has 5 nitrogen and oxygen atoms in total. The van der Waals surface area contributed by atoms with E-state index in [-0.39, 0.29) is 22.8 Å². The average Bonchev–Trinajstić information content (AvgIpc) is 2.91. The lowest BCUT2D eigenvalue weighted by molar-refractivity contribution is 0.251. The fraction of sp³-hybridized carbons (Fsp3) is 0.474. The summed E-state index contributed by atoms with van der Waals surface area (Å²) in [7, 11) is 0. The molecule has 2 rings (SSSR count). The normalized spacial score (nSPS) is 12.1. The van der Waals surface area contributed by atoms with Gasteiger partial charge in [0.2, 0.25) is 0 Å². The summed E-state index contributed by atoms with van der Waals surface area (Å²) in [5.74, 6) is 0.353. The van der Waals surface area contributed by atoms with Crippen molar-refractivity contribution in [2.75, 3.05) is 5.32 Å². The van der Waals surface area contributed by atoms with Gasteiger partial charge in [0.15, 0.2) is 0 Å². The van der Waals surface area contributed by atoms with Gasteiger partial charge in [-0.15, -0.1) is 0 Å². The van der Waals surface area contributed by atoms with Crippen molar-refractivity contribution in [2.45, 2.75) is 59.0 Å². The van der Waals surface area contributed by atoms with E-state index in [1.165, 1.54) is 12.1 Å². The Kier molecular flexibility index (Phi) is 5.20. The van der Waals surface area contributed by atoms with Crippen LogP contribution in [0.2, 0.25) is 0 Å². The number of rotatable bonds is 3. The second-order valence-electron chi connectivity index (χ2n) is 8.18. The van der Waals surface area contributed by atoms with E-state index in [0.717, 1.165) is 11.3 Å². The molecule has 0 saturated heterocycles. The molecular weight excluding hydrogens is 319 g/mol. The number of hydrogen-bond acceptors (Lipinski definition) is 2. The van der Waals surface area contributed by atoms with Crippen LogP contribution in [0, 0.1) is 5.82 Å². The predicted molar refractivity (Wildman–Crippen MR) is 98.2 cm³/mol. The number of nitrogens with zero attached hydrogens (tertiary/aromatic N) is 2. The Morgan fingerprint density at radius 3 is 2.24 bits per heavy atom. The first kappa shape index (κ1) is 19.0. The monoisotopic (exact) mass is 346 g/mol. The molecule has 2 amide bonds. The molecule has 0 radical (unpaired) electrons. The second-order valence-corrected chi connectivity index (χ2v) is 8.18. The van der Waals surface area contributed by atoms with Crippen LogP contribution in [-0.4, -0.2) is 15.8 Å². The van der Waals surface area contributed by atoms with Crippen LogP contribution in [0.1, 0.15) is 52.8 Å². The standard InChI is InChI=1S/C19H27FN4O/c1-18(2,3)15-11-16(24(23-15)19(4,5)6)22-17(25)21-12-13-7-9-14(20)10-8-13/h7-11H,12H2,1-6H3,(H2,21,22,25). The van der Waals surface area contributed by atoms with E-state index < -0.39 is 0 Å². The maximum Gasteiger partial charge on any atom is 0.320 e. The van der Waals surface area contributed by atoms with E-state index >= 15 is 0 Å². The Bertz CT molecular complexity index is 736. The van der Waals surface area contributed by atoms with Crippen molar-refractivity contribution in [1.29, 1.82) is 0 Å². The summed E-state index contributed by atoms with van der Waals surface area (Å²) in [5.41, 5.74) is 1.37. The summed E-state index contributed by atoms with van der Waals surface area (Å²) >= 11 is 0. The molecule has 0 aliphatic carbocycles. The molecule has 1 heterocycles. The first-order valence-electron chi connectivity index (χ1n) is 8.37. The van der Waals surface area contributed by atoms with E-state index in [1.54, 1.807) is 12.1 Å². The summed E-state index contributed by atoms with van der Waals surface area (Å²) < 4.78 is 14.7. The van der Waals surface area contributed by atoms with E-state index in [9.17, 15) is 9.18 Å². The van der Waals surface area contributed by atoms with Gasteiger partial charge in [-0.1, -0.05) is 32.9 Å². The van der Waals surface area contributed by atoms with E-state index in [1.807, 2.05) is 31.5 Å². The molecule has 25 heavy (non-hydrogen) atoms. The summed E-state index contributed by atoms with van der Waals surface area (Å²) in [6.07, 6.45) is 0.